The van der Waals surface area contributed by atoms with Gasteiger partial charge in [0.15, 0.2) is 5.96 Å². The summed E-state index contributed by atoms with van der Waals surface area (Å²) in [5.41, 5.74) is 1.13. The molecule has 24 heavy (non-hydrogen) atoms. The molecule has 128 valence electrons. The average Bonchev–Trinajstić information content (AvgIpc) is 2.57. The van der Waals surface area contributed by atoms with Crippen LogP contribution in [0.3, 0.4) is 0 Å². The topological polar surface area (TPSA) is 49.3 Å². The number of aliphatic imine (C=N–C) groups is 1. The molecule has 0 unspecified atom stereocenters. The second-order valence-electron chi connectivity index (χ2n) is 5.12. The Balaban J connectivity index is 1.75. The fourth-order valence-corrected chi connectivity index (χ4v) is 2.29. The van der Waals surface area contributed by atoms with Crippen LogP contribution in [0.4, 0.5) is 8.78 Å². The van der Waals surface area contributed by atoms with Gasteiger partial charge in [0.25, 0.3) is 0 Å². The van der Waals surface area contributed by atoms with E-state index >= 15 is 0 Å². The fraction of sp³-hybridized carbons (Fsp3) is 0.294. The van der Waals surface area contributed by atoms with Crippen molar-refractivity contribution < 1.29 is 8.78 Å². The van der Waals surface area contributed by atoms with E-state index in [1.54, 1.807) is 19.3 Å². The van der Waals surface area contributed by atoms with Crippen molar-refractivity contribution in [3.05, 3.63) is 64.4 Å². The molecule has 0 radical (unpaired) electrons. The second-order valence-corrected chi connectivity index (χ2v) is 5.50. The molecular weight excluding hydrogens is 334 g/mol. The highest BCUT2D eigenvalue weighted by atomic mass is 35.5. The lowest BCUT2D eigenvalue weighted by Crippen LogP contribution is -2.39. The highest BCUT2D eigenvalue weighted by molar-refractivity contribution is 6.29. The molecular formula is C17H19ClF2N4. The molecule has 0 fully saturated rings. The molecule has 7 heteroatoms. The Morgan fingerprint density at radius 3 is 2.33 bits per heavy atom. The maximum absolute atomic E-state index is 13.5. The van der Waals surface area contributed by atoms with E-state index < -0.39 is 11.6 Å². The molecule has 4 nitrogen and oxygen atoms in total. The van der Waals surface area contributed by atoms with Gasteiger partial charge < -0.3 is 10.6 Å². The van der Waals surface area contributed by atoms with Crippen LogP contribution in [0, 0.1) is 11.6 Å². The molecule has 0 bridgehead atoms. The number of guanidine groups is 1. The third kappa shape index (κ3) is 5.45. The van der Waals surface area contributed by atoms with E-state index in [0.717, 1.165) is 12.0 Å². The van der Waals surface area contributed by atoms with Crippen LogP contribution in [0.2, 0.25) is 5.15 Å². The van der Waals surface area contributed by atoms with Gasteiger partial charge in [0, 0.05) is 31.9 Å². The number of hydrogen-bond donors (Lipinski definition) is 2. The van der Waals surface area contributed by atoms with Crippen molar-refractivity contribution in [1.82, 2.24) is 15.6 Å². The monoisotopic (exact) mass is 352 g/mol. The van der Waals surface area contributed by atoms with E-state index in [1.807, 2.05) is 6.07 Å². The average molecular weight is 353 g/mol. The normalized spacial score (nSPS) is 11.4. The molecule has 0 aliphatic carbocycles. The van der Waals surface area contributed by atoms with Crippen LogP contribution < -0.4 is 10.6 Å². The minimum absolute atomic E-state index is 0.0766. The molecule has 0 saturated carbocycles. The molecule has 2 N–H and O–H groups in total. The predicted octanol–water partition coefficient (Wildman–Crippen LogP) is 2.96. The highest BCUT2D eigenvalue weighted by Gasteiger charge is 2.08. The van der Waals surface area contributed by atoms with E-state index in [9.17, 15) is 8.78 Å². The minimum atomic E-state index is -0.532. The Kier molecular flexibility index (Phi) is 6.93. The number of benzene rings is 1. The molecule has 0 saturated heterocycles. The fourth-order valence-electron chi connectivity index (χ4n) is 2.18. The van der Waals surface area contributed by atoms with Gasteiger partial charge in [0.1, 0.15) is 16.8 Å². The van der Waals surface area contributed by atoms with Crippen molar-refractivity contribution in [1.29, 1.82) is 0 Å². The van der Waals surface area contributed by atoms with E-state index in [2.05, 4.69) is 20.6 Å². The first kappa shape index (κ1) is 18.1. The van der Waals surface area contributed by atoms with Gasteiger partial charge in [0.2, 0.25) is 0 Å². The first-order valence-electron chi connectivity index (χ1n) is 7.58. The van der Waals surface area contributed by atoms with Gasteiger partial charge in [-0.25, -0.2) is 13.8 Å². The zero-order valence-electron chi connectivity index (χ0n) is 13.3. The number of halogens is 3. The van der Waals surface area contributed by atoms with Crippen LogP contribution in [0.15, 0.2) is 41.5 Å². The van der Waals surface area contributed by atoms with Crippen molar-refractivity contribution in [2.24, 2.45) is 4.99 Å². The largest absolute Gasteiger partial charge is 0.356 e. The third-order valence-electron chi connectivity index (χ3n) is 3.45. The van der Waals surface area contributed by atoms with Crippen LogP contribution in [0.25, 0.3) is 0 Å². The summed E-state index contributed by atoms with van der Waals surface area (Å²) >= 11 is 5.74. The first-order chi connectivity index (χ1) is 11.6. The van der Waals surface area contributed by atoms with E-state index in [0.29, 0.717) is 24.2 Å². The molecule has 0 atom stereocenters. The number of aromatic nitrogens is 1. The van der Waals surface area contributed by atoms with Gasteiger partial charge in [-0.3, -0.25) is 4.99 Å². The molecule has 0 spiro atoms. The van der Waals surface area contributed by atoms with Crippen molar-refractivity contribution >= 4 is 17.6 Å². The van der Waals surface area contributed by atoms with Crippen LogP contribution in [0.1, 0.15) is 11.1 Å². The molecule has 0 aliphatic heterocycles. The van der Waals surface area contributed by atoms with Gasteiger partial charge in [-0.05, 0) is 36.6 Å². The van der Waals surface area contributed by atoms with E-state index in [-0.39, 0.29) is 12.0 Å². The number of hydrogen-bond acceptors (Lipinski definition) is 2. The van der Waals surface area contributed by atoms with E-state index in [4.69, 9.17) is 11.6 Å². The Hall–Kier alpha value is -2.21. The molecule has 1 heterocycles. The number of rotatable bonds is 6. The summed E-state index contributed by atoms with van der Waals surface area (Å²) < 4.78 is 27.1. The van der Waals surface area contributed by atoms with Gasteiger partial charge in [0.05, 0.1) is 0 Å². The minimum Gasteiger partial charge on any atom is -0.356 e. The molecule has 1 aromatic carbocycles. The Bertz CT molecular complexity index is 669. The SMILES string of the molecule is CN=C(NCCc1ccc(Cl)nc1)NCCc1c(F)cccc1F. The lowest BCUT2D eigenvalue weighted by Gasteiger charge is -2.12. The molecule has 2 aromatic rings. The number of pyridine rings is 1. The number of nitrogens with zero attached hydrogens (tertiary/aromatic N) is 2. The lowest BCUT2D eigenvalue weighted by molar-refractivity contribution is 0.553. The summed E-state index contributed by atoms with van der Waals surface area (Å²) in [6.45, 7) is 1.02. The first-order valence-corrected chi connectivity index (χ1v) is 7.96. The third-order valence-corrected chi connectivity index (χ3v) is 3.67. The summed E-state index contributed by atoms with van der Waals surface area (Å²) in [5, 5.41) is 6.64. The second kappa shape index (κ2) is 9.17. The Labute approximate surface area is 145 Å². The smallest absolute Gasteiger partial charge is 0.190 e. The maximum atomic E-state index is 13.5. The zero-order valence-corrected chi connectivity index (χ0v) is 14.1. The van der Waals surface area contributed by atoms with Crippen molar-refractivity contribution in [2.45, 2.75) is 12.8 Å². The highest BCUT2D eigenvalue weighted by Crippen LogP contribution is 2.12. The van der Waals surface area contributed by atoms with Crippen LogP contribution >= 0.6 is 11.6 Å². The van der Waals surface area contributed by atoms with Crippen molar-refractivity contribution in [2.75, 3.05) is 20.1 Å². The number of nitrogens with one attached hydrogen (secondary N) is 2. The maximum Gasteiger partial charge on any atom is 0.190 e. The molecule has 2 rings (SSSR count). The summed E-state index contributed by atoms with van der Waals surface area (Å²) in [6, 6.07) is 7.52. The van der Waals surface area contributed by atoms with Crippen molar-refractivity contribution in [3.63, 3.8) is 0 Å². The summed E-state index contributed by atoms with van der Waals surface area (Å²) in [5.74, 6) is -0.487. The lowest BCUT2D eigenvalue weighted by atomic mass is 10.1. The van der Waals surface area contributed by atoms with Gasteiger partial charge >= 0.3 is 0 Å². The zero-order chi connectivity index (χ0) is 17.4. The van der Waals surface area contributed by atoms with Crippen LogP contribution in [0.5, 0.6) is 0 Å². The Morgan fingerprint density at radius 1 is 1.08 bits per heavy atom. The molecule has 1 aromatic heterocycles. The molecule has 0 aliphatic rings. The summed E-state index contributed by atoms with van der Waals surface area (Å²) in [7, 11) is 1.64. The van der Waals surface area contributed by atoms with Gasteiger partial charge in [-0.2, -0.15) is 0 Å². The Morgan fingerprint density at radius 2 is 1.75 bits per heavy atom. The van der Waals surface area contributed by atoms with Crippen LogP contribution in [-0.4, -0.2) is 31.1 Å². The predicted molar refractivity (Wildman–Crippen MR) is 92.4 cm³/mol. The molecule has 0 amide bonds. The van der Waals surface area contributed by atoms with Gasteiger partial charge in [-0.15, -0.1) is 0 Å². The van der Waals surface area contributed by atoms with Gasteiger partial charge in [-0.1, -0.05) is 23.7 Å². The summed E-state index contributed by atoms with van der Waals surface area (Å²) in [6.07, 6.45) is 2.72. The van der Waals surface area contributed by atoms with Crippen molar-refractivity contribution in [3.8, 4) is 0 Å². The summed E-state index contributed by atoms with van der Waals surface area (Å²) in [4.78, 5) is 8.10. The van der Waals surface area contributed by atoms with E-state index in [1.165, 1.54) is 18.2 Å². The standard InChI is InChI=1S/C17H19ClF2N4/c1-21-17(22-9-7-12-5-6-16(18)24-11-12)23-10-8-13-14(19)3-2-4-15(13)20/h2-6,11H,7-10H2,1H3,(H2,21,22,23). The van der Waals surface area contributed by atoms with Crippen LogP contribution in [-0.2, 0) is 12.8 Å². The quantitative estimate of drug-likeness (QED) is 0.477.